The lowest BCUT2D eigenvalue weighted by Crippen LogP contribution is -2.35. The van der Waals surface area contributed by atoms with Gasteiger partial charge in [-0.15, -0.1) is 0 Å². The summed E-state index contributed by atoms with van der Waals surface area (Å²) < 4.78 is 2.21. The molecule has 1 saturated heterocycles. The van der Waals surface area contributed by atoms with E-state index in [0.717, 1.165) is 36.7 Å². The SMILES string of the molecule is CNc1nc(C(C)C)cc(N2CCCC(c3cnc4ccccn34)C2)n1. The Morgan fingerprint density at radius 3 is 2.92 bits per heavy atom. The van der Waals surface area contributed by atoms with Crippen molar-refractivity contribution in [3.8, 4) is 0 Å². The first-order valence-electron chi connectivity index (χ1n) is 9.39. The molecule has 6 nitrogen and oxygen atoms in total. The number of imidazole rings is 1. The summed E-state index contributed by atoms with van der Waals surface area (Å²) in [7, 11) is 1.88. The quantitative estimate of drug-likeness (QED) is 0.778. The van der Waals surface area contributed by atoms with Crippen molar-refractivity contribution in [2.24, 2.45) is 0 Å². The fourth-order valence-corrected chi connectivity index (χ4v) is 3.70. The van der Waals surface area contributed by atoms with Crippen LogP contribution in [0.25, 0.3) is 5.65 Å². The molecule has 0 amide bonds. The molecule has 3 aromatic heterocycles. The number of nitrogens with one attached hydrogen (secondary N) is 1. The Morgan fingerprint density at radius 2 is 2.12 bits per heavy atom. The van der Waals surface area contributed by atoms with Crippen molar-refractivity contribution in [1.82, 2.24) is 19.4 Å². The maximum absolute atomic E-state index is 4.72. The maximum atomic E-state index is 4.72. The molecule has 0 aliphatic carbocycles. The van der Waals surface area contributed by atoms with Gasteiger partial charge in [0.25, 0.3) is 0 Å². The summed E-state index contributed by atoms with van der Waals surface area (Å²) in [6, 6.07) is 8.30. The number of pyridine rings is 1. The molecule has 0 aromatic carbocycles. The number of hydrogen-bond donors (Lipinski definition) is 1. The lowest BCUT2D eigenvalue weighted by Gasteiger charge is -2.33. The summed E-state index contributed by atoms with van der Waals surface area (Å²) in [6.45, 7) is 6.33. The standard InChI is InChI=1S/C20H26N6/c1-14(2)16-11-19(24-20(21-3)23-16)25-9-6-7-15(13-25)17-12-22-18-8-4-5-10-26(17)18/h4-5,8,10-12,14-15H,6-7,9,13H2,1-3H3,(H,21,23,24). The third-order valence-electron chi connectivity index (χ3n) is 5.16. The second-order valence-corrected chi connectivity index (χ2v) is 7.28. The van der Waals surface area contributed by atoms with E-state index in [1.54, 1.807) is 0 Å². The van der Waals surface area contributed by atoms with E-state index in [-0.39, 0.29) is 0 Å². The van der Waals surface area contributed by atoms with Crippen molar-refractivity contribution in [2.45, 2.75) is 38.5 Å². The van der Waals surface area contributed by atoms with E-state index in [9.17, 15) is 0 Å². The van der Waals surface area contributed by atoms with E-state index < -0.39 is 0 Å². The number of rotatable bonds is 4. The zero-order valence-electron chi connectivity index (χ0n) is 15.7. The van der Waals surface area contributed by atoms with Gasteiger partial charge in [0, 0.05) is 50.2 Å². The summed E-state index contributed by atoms with van der Waals surface area (Å²) in [5, 5.41) is 3.10. The zero-order valence-corrected chi connectivity index (χ0v) is 15.7. The highest BCUT2D eigenvalue weighted by Gasteiger charge is 2.25. The first kappa shape index (κ1) is 16.8. The average Bonchev–Trinajstić information content (AvgIpc) is 3.12. The Hall–Kier alpha value is -2.63. The lowest BCUT2D eigenvalue weighted by atomic mass is 9.95. The van der Waals surface area contributed by atoms with Gasteiger partial charge in [0.2, 0.25) is 5.95 Å². The van der Waals surface area contributed by atoms with Crippen molar-refractivity contribution in [3.63, 3.8) is 0 Å². The highest BCUT2D eigenvalue weighted by molar-refractivity contribution is 5.47. The molecule has 0 spiro atoms. The second-order valence-electron chi connectivity index (χ2n) is 7.28. The Labute approximate surface area is 154 Å². The monoisotopic (exact) mass is 350 g/mol. The molecule has 0 bridgehead atoms. The van der Waals surface area contributed by atoms with Gasteiger partial charge in [0.1, 0.15) is 11.5 Å². The van der Waals surface area contributed by atoms with Gasteiger partial charge in [-0.3, -0.25) is 0 Å². The molecule has 3 aromatic rings. The van der Waals surface area contributed by atoms with Crippen molar-refractivity contribution in [3.05, 3.63) is 48.0 Å². The largest absolute Gasteiger partial charge is 0.357 e. The molecule has 1 N–H and O–H groups in total. The van der Waals surface area contributed by atoms with Gasteiger partial charge in [-0.25, -0.2) is 9.97 Å². The Kier molecular flexibility index (Phi) is 4.49. The highest BCUT2D eigenvalue weighted by Crippen LogP contribution is 2.31. The van der Waals surface area contributed by atoms with Crippen LogP contribution in [0.15, 0.2) is 36.7 Å². The summed E-state index contributed by atoms with van der Waals surface area (Å²) in [6.07, 6.45) is 6.47. The van der Waals surface area contributed by atoms with E-state index in [1.165, 1.54) is 12.1 Å². The van der Waals surface area contributed by atoms with Crippen LogP contribution in [0.4, 0.5) is 11.8 Å². The van der Waals surface area contributed by atoms with Crippen LogP contribution in [0.1, 0.15) is 49.9 Å². The molecule has 0 radical (unpaired) electrons. The van der Waals surface area contributed by atoms with Crippen LogP contribution in [-0.4, -0.2) is 39.5 Å². The number of hydrogen-bond acceptors (Lipinski definition) is 5. The summed E-state index contributed by atoms with van der Waals surface area (Å²) in [5.74, 6) is 2.55. The molecule has 136 valence electrons. The van der Waals surface area contributed by atoms with Crippen LogP contribution < -0.4 is 10.2 Å². The molecule has 4 heterocycles. The summed E-state index contributed by atoms with van der Waals surface area (Å²) >= 11 is 0. The minimum Gasteiger partial charge on any atom is -0.357 e. The Bertz CT molecular complexity index is 900. The molecule has 1 fully saturated rings. The van der Waals surface area contributed by atoms with Gasteiger partial charge >= 0.3 is 0 Å². The first-order valence-corrected chi connectivity index (χ1v) is 9.39. The summed E-state index contributed by atoms with van der Waals surface area (Å²) in [4.78, 5) is 16.3. The number of aromatic nitrogens is 4. The van der Waals surface area contributed by atoms with Gasteiger partial charge < -0.3 is 14.6 Å². The number of nitrogens with zero attached hydrogens (tertiary/aromatic N) is 5. The predicted molar refractivity (Wildman–Crippen MR) is 105 cm³/mol. The van der Waals surface area contributed by atoms with Crippen molar-refractivity contribution >= 4 is 17.4 Å². The van der Waals surface area contributed by atoms with Crippen LogP contribution in [0, 0.1) is 0 Å². The predicted octanol–water partition coefficient (Wildman–Crippen LogP) is 3.67. The van der Waals surface area contributed by atoms with Gasteiger partial charge in [0.05, 0.1) is 5.69 Å². The van der Waals surface area contributed by atoms with Gasteiger partial charge in [-0.1, -0.05) is 19.9 Å². The average molecular weight is 350 g/mol. The van der Waals surface area contributed by atoms with Crippen LogP contribution in [0.3, 0.4) is 0 Å². The third-order valence-corrected chi connectivity index (χ3v) is 5.16. The topological polar surface area (TPSA) is 58.4 Å². The molecular formula is C20H26N6. The second kappa shape index (κ2) is 6.94. The molecule has 1 aliphatic rings. The minimum atomic E-state index is 0.378. The van der Waals surface area contributed by atoms with E-state index in [4.69, 9.17) is 4.98 Å². The molecular weight excluding hydrogens is 324 g/mol. The number of piperidine rings is 1. The van der Waals surface area contributed by atoms with Gasteiger partial charge in [-0.2, -0.15) is 4.98 Å². The van der Waals surface area contributed by atoms with E-state index >= 15 is 0 Å². The highest BCUT2D eigenvalue weighted by atomic mass is 15.2. The molecule has 1 unspecified atom stereocenters. The normalized spacial score (nSPS) is 17.8. The van der Waals surface area contributed by atoms with E-state index in [0.29, 0.717) is 17.8 Å². The van der Waals surface area contributed by atoms with Gasteiger partial charge in [0.15, 0.2) is 0 Å². The van der Waals surface area contributed by atoms with Crippen LogP contribution in [0.5, 0.6) is 0 Å². The fourth-order valence-electron chi connectivity index (χ4n) is 3.70. The third kappa shape index (κ3) is 3.11. The Morgan fingerprint density at radius 1 is 1.23 bits per heavy atom. The van der Waals surface area contributed by atoms with Crippen molar-refractivity contribution < 1.29 is 0 Å². The first-order chi connectivity index (χ1) is 12.7. The van der Waals surface area contributed by atoms with Crippen LogP contribution in [0.2, 0.25) is 0 Å². The van der Waals surface area contributed by atoms with Crippen molar-refractivity contribution in [2.75, 3.05) is 30.4 Å². The zero-order chi connectivity index (χ0) is 18.1. The van der Waals surface area contributed by atoms with E-state index in [1.807, 2.05) is 19.3 Å². The lowest BCUT2D eigenvalue weighted by molar-refractivity contribution is 0.496. The maximum Gasteiger partial charge on any atom is 0.224 e. The molecule has 4 rings (SSSR count). The van der Waals surface area contributed by atoms with E-state index in [2.05, 4.69) is 62.8 Å². The fraction of sp³-hybridized carbons (Fsp3) is 0.450. The van der Waals surface area contributed by atoms with Crippen LogP contribution in [-0.2, 0) is 0 Å². The minimum absolute atomic E-state index is 0.378. The molecule has 6 heteroatoms. The van der Waals surface area contributed by atoms with Crippen molar-refractivity contribution in [1.29, 1.82) is 0 Å². The van der Waals surface area contributed by atoms with Gasteiger partial charge in [-0.05, 0) is 30.9 Å². The summed E-state index contributed by atoms with van der Waals surface area (Å²) in [5.41, 5.74) is 3.38. The molecule has 0 saturated carbocycles. The van der Waals surface area contributed by atoms with Crippen LogP contribution >= 0.6 is 0 Å². The number of anilines is 2. The smallest absolute Gasteiger partial charge is 0.224 e. The molecule has 1 atom stereocenters. The molecule has 1 aliphatic heterocycles. The number of fused-ring (bicyclic) bond motifs is 1. The molecule has 26 heavy (non-hydrogen) atoms. The Balaban J connectivity index is 1.64.